The second-order valence-corrected chi connectivity index (χ2v) is 8.52. The second kappa shape index (κ2) is 7.03. The molecule has 2 aromatic heterocycles. The molecule has 0 bridgehead atoms. The Kier molecular flexibility index (Phi) is 4.71. The van der Waals surface area contributed by atoms with Gasteiger partial charge in [-0.2, -0.15) is 0 Å². The highest BCUT2D eigenvalue weighted by atomic mass is 79.9. The van der Waals surface area contributed by atoms with Gasteiger partial charge in [-0.05, 0) is 48.5 Å². The fraction of sp³-hybridized carbons (Fsp3) is 0.105. The third-order valence-electron chi connectivity index (χ3n) is 4.34. The lowest BCUT2D eigenvalue weighted by Crippen LogP contribution is -2.15. The Morgan fingerprint density at radius 1 is 1.30 bits per heavy atom. The molecule has 0 fully saturated rings. The molecule has 0 radical (unpaired) electrons. The lowest BCUT2D eigenvalue weighted by molar-refractivity contribution is 0.103. The first-order valence-corrected chi connectivity index (χ1v) is 10.3. The van der Waals surface area contributed by atoms with Crippen molar-refractivity contribution >= 4 is 67.6 Å². The number of benzene rings is 2. The molecule has 2 N–H and O–H groups in total. The smallest absolute Gasteiger partial charge is 0.269 e. The van der Waals surface area contributed by atoms with E-state index in [4.69, 9.17) is 12.2 Å². The van der Waals surface area contributed by atoms with Crippen molar-refractivity contribution in [2.24, 2.45) is 0 Å². The van der Waals surface area contributed by atoms with Gasteiger partial charge < -0.3 is 10.3 Å². The van der Waals surface area contributed by atoms with E-state index in [1.807, 2.05) is 43.3 Å². The highest BCUT2D eigenvalue weighted by molar-refractivity contribution is 9.10. The minimum absolute atomic E-state index is 0.262. The number of aryl methyl sites for hydroxylation is 1. The van der Waals surface area contributed by atoms with Crippen molar-refractivity contribution in [2.75, 3.05) is 5.32 Å². The molecule has 1 amide bonds. The number of H-pyrrole nitrogens is 1. The normalized spacial score (nSPS) is 11.2. The fourth-order valence-corrected chi connectivity index (χ4v) is 4.69. The molecular formula is C19H14BrN3O2S2. The van der Waals surface area contributed by atoms with Crippen LogP contribution in [-0.4, -0.2) is 15.3 Å². The number of fused-ring (bicyclic) bond motifs is 3. The van der Waals surface area contributed by atoms with Crippen molar-refractivity contribution in [1.29, 1.82) is 0 Å². The largest absolute Gasteiger partial charge is 0.321 e. The highest BCUT2D eigenvalue weighted by Gasteiger charge is 2.19. The van der Waals surface area contributed by atoms with Crippen LogP contribution in [0.2, 0.25) is 0 Å². The van der Waals surface area contributed by atoms with Crippen LogP contribution >= 0.6 is 39.5 Å². The molecule has 4 aromatic rings. The number of carbonyl (C=O) groups is 1. The second-order valence-electron chi connectivity index (χ2n) is 5.96. The van der Waals surface area contributed by atoms with Crippen molar-refractivity contribution in [2.45, 2.75) is 13.3 Å². The Hall–Kier alpha value is -2.29. The van der Waals surface area contributed by atoms with Gasteiger partial charge in [-0.25, -0.2) is 0 Å². The predicted octanol–water partition coefficient (Wildman–Crippen LogP) is 5.15. The maximum absolute atomic E-state index is 12.9. The Labute approximate surface area is 171 Å². The van der Waals surface area contributed by atoms with E-state index in [0.717, 1.165) is 22.1 Å². The van der Waals surface area contributed by atoms with Gasteiger partial charge in [0, 0.05) is 10.2 Å². The highest BCUT2D eigenvalue weighted by Crippen LogP contribution is 2.25. The van der Waals surface area contributed by atoms with Crippen LogP contribution in [0.25, 0.3) is 16.6 Å². The van der Waals surface area contributed by atoms with Crippen molar-refractivity contribution in [3.05, 3.63) is 71.7 Å². The molecule has 4 rings (SSSR count). The number of halogens is 1. The number of nitrogens with one attached hydrogen (secondary N) is 2. The standard InChI is InChI=1S/C19H14BrN3O2S2/c1-2-10-5-3-4-6-13(10)21-18(25)15-16-22-17(24)12-9-11(20)7-8-14(12)23(16)19(26)27-15/h3-9H,2H2,1H3,(H,21,25)(H,22,24). The van der Waals surface area contributed by atoms with Crippen LogP contribution in [0.1, 0.15) is 22.2 Å². The van der Waals surface area contributed by atoms with Crippen molar-refractivity contribution in [1.82, 2.24) is 9.38 Å². The lowest BCUT2D eigenvalue weighted by atomic mass is 10.1. The predicted molar refractivity (Wildman–Crippen MR) is 116 cm³/mol. The molecule has 2 aromatic carbocycles. The lowest BCUT2D eigenvalue weighted by Gasteiger charge is -2.09. The van der Waals surface area contributed by atoms with E-state index in [0.29, 0.717) is 25.4 Å². The first-order chi connectivity index (χ1) is 13.0. The topological polar surface area (TPSA) is 66.4 Å². The number of hydrogen-bond donors (Lipinski definition) is 2. The van der Waals surface area contributed by atoms with E-state index in [9.17, 15) is 9.59 Å². The van der Waals surface area contributed by atoms with Gasteiger partial charge in [0.15, 0.2) is 3.95 Å². The minimum atomic E-state index is -0.290. The molecule has 136 valence electrons. The molecule has 0 unspecified atom stereocenters. The van der Waals surface area contributed by atoms with Crippen LogP contribution in [0.4, 0.5) is 5.69 Å². The molecule has 0 spiro atoms. The van der Waals surface area contributed by atoms with Crippen LogP contribution in [0.5, 0.6) is 0 Å². The summed E-state index contributed by atoms with van der Waals surface area (Å²) < 4.78 is 3.04. The molecule has 0 saturated carbocycles. The molecule has 2 heterocycles. The Balaban J connectivity index is 1.89. The van der Waals surface area contributed by atoms with Gasteiger partial charge in [-0.1, -0.05) is 52.4 Å². The first kappa shape index (κ1) is 18.1. The molecule has 0 atom stereocenters. The molecule has 8 heteroatoms. The average Bonchev–Trinajstić information content (AvgIpc) is 2.99. The third-order valence-corrected chi connectivity index (χ3v) is 6.21. The summed E-state index contributed by atoms with van der Waals surface area (Å²) in [6.07, 6.45) is 0.805. The van der Waals surface area contributed by atoms with Crippen LogP contribution < -0.4 is 10.9 Å². The van der Waals surface area contributed by atoms with Gasteiger partial charge in [0.1, 0.15) is 10.5 Å². The minimum Gasteiger partial charge on any atom is -0.321 e. The van der Waals surface area contributed by atoms with E-state index in [-0.39, 0.29) is 11.5 Å². The monoisotopic (exact) mass is 459 g/mol. The summed E-state index contributed by atoms with van der Waals surface area (Å²) in [7, 11) is 0. The van der Waals surface area contributed by atoms with E-state index in [2.05, 4.69) is 26.2 Å². The van der Waals surface area contributed by atoms with E-state index >= 15 is 0 Å². The fourth-order valence-electron chi connectivity index (χ4n) is 3.05. The molecule has 27 heavy (non-hydrogen) atoms. The van der Waals surface area contributed by atoms with Gasteiger partial charge in [-0.15, -0.1) is 0 Å². The SMILES string of the molecule is CCc1ccccc1NC(=O)c1sc(=S)n2c1[nH]c(=O)c1cc(Br)ccc12. The summed E-state index contributed by atoms with van der Waals surface area (Å²) in [5.74, 6) is -0.290. The van der Waals surface area contributed by atoms with E-state index in [1.54, 1.807) is 10.5 Å². The number of amides is 1. The number of aromatic amines is 1. The maximum Gasteiger partial charge on any atom is 0.269 e. The number of nitrogens with zero attached hydrogens (tertiary/aromatic N) is 1. The zero-order valence-corrected chi connectivity index (χ0v) is 17.4. The van der Waals surface area contributed by atoms with Crippen LogP contribution in [0.15, 0.2) is 51.7 Å². The molecule has 0 aliphatic carbocycles. The summed E-state index contributed by atoms with van der Waals surface area (Å²) in [6, 6.07) is 13.1. The number of hydrogen-bond acceptors (Lipinski definition) is 4. The molecule has 0 saturated heterocycles. The number of carbonyl (C=O) groups excluding carboxylic acids is 1. The van der Waals surface area contributed by atoms with Gasteiger partial charge in [0.2, 0.25) is 0 Å². The molecule has 5 nitrogen and oxygen atoms in total. The van der Waals surface area contributed by atoms with Gasteiger partial charge in [0.05, 0.1) is 10.9 Å². The van der Waals surface area contributed by atoms with Gasteiger partial charge in [0.25, 0.3) is 11.5 Å². The third kappa shape index (κ3) is 3.13. The molecule has 0 aliphatic rings. The molecular weight excluding hydrogens is 446 g/mol. The van der Waals surface area contributed by atoms with Crippen LogP contribution in [0.3, 0.4) is 0 Å². The van der Waals surface area contributed by atoms with Gasteiger partial charge >= 0.3 is 0 Å². The molecule has 0 aliphatic heterocycles. The Morgan fingerprint density at radius 3 is 2.85 bits per heavy atom. The summed E-state index contributed by atoms with van der Waals surface area (Å²) in [6.45, 7) is 2.03. The summed E-state index contributed by atoms with van der Waals surface area (Å²) in [4.78, 5) is 28.7. The quantitative estimate of drug-likeness (QED) is 0.416. The Morgan fingerprint density at radius 2 is 2.07 bits per heavy atom. The van der Waals surface area contributed by atoms with Crippen molar-refractivity contribution in [3.8, 4) is 0 Å². The van der Waals surface area contributed by atoms with Gasteiger partial charge in [-0.3, -0.25) is 14.0 Å². The van der Waals surface area contributed by atoms with E-state index in [1.165, 1.54) is 11.3 Å². The Bertz CT molecular complexity index is 1320. The number of aromatic nitrogens is 2. The first-order valence-electron chi connectivity index (χ1n) is 8.26. The zero-order valence-electron chi connectivity index (χ0n) is 14.2. The summed E-state index contributed by atoms with van der Waals surface area (Å²) in [5, 5.41) is 3.45. The summed E-state index contributed by atoms with van der Waals surface area (Å²) >= 11 is 10.0. The maximum atomic E-state index is 12.9. The van der Waals surface area contributed by atoms with Crippen LogP contribution in [0, 0.1) is 3.95 Å². The number of para-hydroxylation sites is 1. The zero-order chi connectivity index (χ0) is 19.1. The average molecular weight is 460 g/mol. The van der Waals surface area contributed by atoms with E-state index < -0.39 is 0 Å². The number of rotatable bonds is 3. The van der Waals surface area contributed by atoms with Crippen molar-refractivity contribution < 1.29 is 4.79 Å². The summed E-state index contributed by atoms with van der Waals surface area (Å²) in [5.41, 5.74) is 2.63. The van der Waals surface area contributed by atoms with Crippen molar-refractivity contribution in [3.63, 3.8) is 0 Å². The van der Waals surface area contributed by atoms with Crippen LogP contribution in [-0.2, 0) is 6.42 Å². The number of anilines is 1. The number of thiazole rings is 1.